The first-order valence-electron chi connectivity index (χ1n) is 9.39. The first-order valence-corrected chi connectivity index (χ1v) is 10.1. The average molecular weight is 428 g/mol. The van der Waals surface area contributed by atoms with Crippen LogP contribution in [0.5, 0.6) is 0 Å². The highest BCUT2D eigenvalue weighted by Crippen LogP contribution is 2.23. The van der Waals surface area contributed by atoms with Crippen LogP contribution in [0.2, 0.25) is 10.0 Å². The molecule has 0 aliphatic rings. The summed E-state index contributed by atoms with van der Waals surface area (Å²) in [5, 5.41) is 8.29. The van der Waals surface area contributed by atoms with Crippen molar-refractivity contribution in [2.75, 3.05) is 5.32 Å². The second-order valence-electron chi connectivity index (χ2n) is 7.22. The van der Waals surface area contributed by atoms with Gasteiger partial charge in [-0.1, -0.05) is 67.4 Å². The molecule has 0 saturated carbocycles. The predicted molar refractivity (Wildman–Crippen MR) is 121 cm³/mol. The fourth-order valence-electron chi connectivity index (χ4n) is 2.87. The van der Waals surface area contributed by atoms with Gasteiger partial charge < -0.3 is 5.32 Å². The molecule has 0 fully saturated rings. The number of amides is 1. The summed E-state index contributed by atoms with van der Waals surface area (Å²) in [6.07, 6.45) is 3.30. The van der Waals surface area contributed by atoms with Crippen LogP contribution in [0.15, 0.2) is 54.6 Å². The lowest BCUT2D eigenvalue weighted by Gasteiger charge is -2.06. The van der Waals surface area contributed by atoms with Crippen LogP contribution >= 0.6 is 23.2 Å². The Morgan fingerprint density at radius 1 is 1.10 bits per heavy atom. The lowest BCUT2D eigenvalue weighted by Crippen LogP contribution is -2.09. The van der Waals surface area contributed by atoms with E-state index < -0.39 is 0 Å². The van der Waals surface area contributed by atoms with Crippen molar-refractivity contribution in [3.05, 3.63) is 87.0 Å². The number of aromatic nitrogens is 2. The number of carbonyl (C=O) groups excluding carboxylic acids is 1. The molecule has 1 aromatic heterocycles. The lowest BCUT2D eigenvalue weighted by atomic mass is 10.0. The van der Waals surface area contributed by atoms with E-state index in [1.54, 1.807) is 12.1 Å². The summed E-state index contributed by atoms with van der Waals surface area (Å²) < 4.78 is 1.81. The second-order valence-corrected chi connectivity index (χ2v) is 8.04. The molecule has 0 atom stereocenters. The summed E-state index contributed by atoms with van der Waals surface area (Å²) in [4.78, 5) is 12.2. The Labute approximate surface area is 181 Å². The Morgan fingerprint density at radius 2 is 1.83 bits per heavy atom. The van der Waals surface area contributed by atoms with Crippen molar-refractivity contribution < 1.29 is 4.79 Å². The van der Waals surface area contributed by atoms with Crippen LogP contribution < -0.4 is 5.32 Å². The maximum Gasteiger partial charge on any atom is 0.249 e. The molecule has 0 aliphatic carbocycles. The third-order valence-corrected chi connectivity index (χ3v) is 5.32. The third-order valence-electron chi connectivity index (χ3n) is 4.58. The highest BCUT2D eigenvalue weighted by atomic mass is 35.5. The number of carbonyl (C=O) groups is 1. The molecule has 1 heterocycles. The van der Waals surface area contributed by atoms with Crippen LogP contribution in [0.25, 0.3) is 6.08 Å². The number of hydrogen-bond donors (Lipinski definition) is 1. The number of hydrogen-bond acceptors (Lipinski definition) is 2. The molecule has 0 unspecified atom stereocenters. The summed E-state index contributed by atoms with van der Waals surface area (Å²) >= 11 is 12.0. The molecule has 4 nitrogen and oxygen atoms in total. The zero-order valence-electron chi connectivity index (χ0n) is 16.6. The highest BCUT2D eigenvalue weighted by molar-refractivity contribution is 6.42. The van der Waals surface area contributed by atoms with E-state index in [9.17, 15) is 4.79 Å². The number of benzene rings is 2. The number of nitrogens with zero attached hydrogens (tertiary/aromatic N) is 2. The molecule has 1 amide bonds. The van der Waals surface area contributed by atoms with Crippen molar-refractivity contribution in [3.63, 3.8) is 0 Å². The van der Waals surface area contributed by atoms with E-state index in [4.69, 9.17) is 23.2 Å². The van der Waals surface area contributed by atoms with Crippen molar-refractivity contribution in [2.45, 2.75) is 33.2 Å². The van der Waals surface area contributed by atoms with Gasteiger partial charge in [-0.3, -0.25) is 9.48 Å². The van der Waals surface area contributed by atoms with Crippen molar-refractivity contribution in [1.82, 2.24) is 9.78 Å². The van der Waals surface area contributed by atoms with E-state index in [1.165, 1.54) is 11.6 Å². The van der Waals surface area contributed by atoms with E-state index in [0.717, 1.165) is 16.8 Å². The topological polar surface area (TPSA) is 46.9 Å². The van der Waals surface area contributed by atoms with Crippen molar-refractivity contribution in [2.24, 2.45) is 0 Å². The monoisotopic (exact) mass is 427 g/mol. The lowest BCUT2D eigenvalue weighted by molar-refractivity contribution is -0.111. The maximum absolute atomic E-state index is 12.2. The average Bonchev–Trinajstić information content (AvgIpc) is 3.02. The summed E-state index contributed by atoms with van der Waals surface area (Å²) in [6.45, 7) is 6.78. The number of anilines is 1. The van der Waals surface area contributed by atoms with Crippen LogP contribution in [-0.4, -0.2) is 15.7 Å². The molecule has 0 aliphatic heterocycles. The molecule has 0 spiro atoms. The van der Waals surface area contributed by atoms with Crippen LogP contribution in [0.3, 0.4) is 0 Å². The first kappa shape index (κ1) is 21.2. The smallest absolute Gasteiger partial charge is 0.249 e. The molecule has 150 valence electrons. The van der Waals surface area contributed by atoms with Crippen molar-refractivity contribution in [1.29, 1.82) is 0 Å². The quantitative estimate of drug-likeness (QED) is 0.467. The SMILES string of the molecule is Cc1cc(NC(=O)/C=C/c2ccc(C(C)C)cc2)nn1Cc1ccc(Cl)c(Cl)c1. The predicted octanol–water partition coefficient (Wildman–Crippen LogP) is 6.32. The Bertz CT molecular complexity index is 1040. The summed E-state index contributed by atoms with van der Waals surface area (Å²) in [5.41, 5.74) is 4.16. The van der Waals surface area contributed by atoms with E-state index >= 15 is 0 Å². The maximum atomic E-state index is 12.2. The highest BCUT2D eigenvalue weighted by Gasteiger charge is 2.08. The van der Waals surface area contributed by atoms with E-state index in [0.29, 0.717) is 28.3 Å². The Balaban J connectivity index is 1.63. The normalized spacial score (nSPS) is 11.4. The van der Waals surface area contributed by atoms with Gasteiger partial charge in [-0.15, -0.1) is 0 Å². The molecule has 1 N–H and O–H groups in total. The number of aryl methyl sites for hydroxylation is 1. The Kier molecular flexibility index (Phi) is 6.78. The number of nitrogens with one attached hydrogen (secondary N) is 1. The van der Waals surface area contributed by atoms with Gasteiger partial charge in [0.15, 0.2) is 5.82 Å². The standard InChI is InChI=1S/C23H23Cl2N3O/c1-15(2)19-8-4-17(5-9-19)7-11-23(29)26-22-12-16(3)28(27-22)14-18-6-10-20(24)21(25)13-18/h4-13,15H,14H2,1-3H3,(H,26,27,29)/b11-7+. The van der Waals surface area contributed by atoms with Gasteiger partial charge in [0.25, 0.3) is 0 Å². The van der Waals surface area contributed by atoms with Gasteiger partial charge in [-0.05, 0) is 47.7 Å². The Hall–Kier alpha value is -2.56. The number of rotatable bonds is 6. The summed E-state index contributed by atoms with van der Waals surface area (Å²) in [7, 11) is 0. The van der Waals surface area contributed by atoms with Gasteiger partial charge in [-0.25, -0.2) is 0 Å². The zero-order chi connectivity index (χ0) is 21.0. The minimum atomic E-state index is -0.225. The van der Waals surface area contributed by atoms with Gasteiger partial charge in [0, 0.05) is 17.8 Å². The summed E-state index contributed by atoms with van der Waals surface area (Å²) in [6, 6.07) is 15.5. The van der Waals surface area contributed by atoms with Gasteiger partial charge in [0.2, 0.25) is 5.91 Å². The molecule has 0 saturated heterocycles. The van der Waals surface area contributed by atoms with E-state index in [2.05, 4.69) is 36.4 Å². The molecular formula is C23H23Cl2N3O. The molecule has 3 aromatic rings. The van der Waals surface area contributed by atoms with Crippen LogP contribution in [-0.2, 0) is 11.3 Å². The van der Waals surface area contributed by atoms with Crippen LogP contribution in [0.1, 0.15) is 42.1 Å². The molecule has 0 bridgehead atoms. The summed E-state index contributed by atoms with van der Waals surface area (Å²) in [5.74, 6) is 0.767. The van der Waals surface area contributed by atoms with Crippen molar-refractivity contribution in [3.8, 4) is 0 Å². The second kappa shape index (κ2) is 9.29. The molecule has 3 rings (SSSR count). The zero-order valence-corrected chi connectivity index (χ0v) is 18.1. The molecule has 29 heavy (non-hydrogen) atoms. The van der Waals surface area contributed by atoms with E-state index in [1.807, 2.05) is 41.9 Å². The van der Waals surface area contributed by atoms with Crippen LogP contribution in [0.4, 0.5) is 5.82 Å². The molecule has 0 radical (unpaired) electrons. The minimum absolute atomic E-state index is 0.225. The largest absolute Gasteiger partial charge is 0.306 e. The third kappa shape index (κ3) is 5.72. The molecule has 2 aromatic carbocycles. The fraction of sp³-hybridized carbons (Fsp3) is 0.217. The van der Waals surface area contributed by atoms with Crippen molar-refractivity contribution >= 4 is 41.0 Å². The molecule has 6 heteroatoms. The van der Waals surface area contributed by atoms with Gasteiger partial charge in [0.1, 0.15) is 0 Å². The van der Waals surface area contributed by atoms with Gasteiger partial charge in [-0.2, -0.15) is 5.10 Å². The minimum Gasteiger partial charge on any atom is -0.306 e. The fourth-order valence-corrected chi connectivity index (χ4v) is 3.19. The van der Waals surface area contributed by atoms with Gasteiger partial charge >= 0.3 is 0 Å². The Morgan fingerprint density at radius 3 is 2.48 bits per heavy atom. The number of halogens is 2. The first-order chi connectivity index (χ1) is 13.8. The molecular weight excluding hydrogens is 405 g/mol. The van der Waals surface area contributed by atoms with E-state index in [-0.39, 0.29) is 5.91 Å². The van der Waals surface area contributed by atoms with Gasteiger partial charge in [0.05, 0.1) is 16.6 Å². The van der Waals surface area contributed by atoms with Crippen LogP contribution in [0, 0.1) is 6.92 Å².